The van der Waals surface area contributed by atoms with Gasteiger partial charge in [0.1, 0.15) is 10.8 Å². The second kappa shape index (κ2) is 6.66. The predicted molar refractivity (Wildman–Crippen MR) is 86.2 cm³/mol. The van der Waals surface area contributed by atoms with Crippen molar-refractivity contribution in [1.82, 2.24) is 10.3 Å². The van der Waals surface area contributed by atoms with E-state index in [1.54, 1.807) is 29.5 Å². The Bertz CT molecular complexity index is 767. The number of rotatable bonds is 5. The van der Waals surface area contributed by atoms with Gasteiger partial charge in [0, 0.05) is 6.42 Å². The first-order valence-corrected chi connectivity index (χ1v) is 7.88. The molecule has 0 saturated carbocycles. The number of benzene rings is 2. The van der Waals surface area contributed by atoms with Crippen molar-refractivity contribution in [3.63, 3.8) is 0 Å². The smallest absolute Gasteiger partial charge is 0.220 e. The number of halogens is 1. The third-order valence-corrected chi connectivity index (χ3v) is 4.39. The number of carbonyl (C=O) groups excluding carboxylic acids is 1. The number of aromatic nitrogens is 1. The molecule has 0 fully saturated rings. The second-order valence-electron chi connectivity index (χ2n) is 4.94. The molecule has 0 radical (unpaired) electrons. The highest BCUT2D eigenvalue weighted by Gasteiger charge is 2.07. The molecule has 5 heteroatoms. The van der Waals surface area contributed by atoms with Crippen molar-refractivity contribution in [2.24, 2.45) is 0 Å². The van der Waals surface area contributed by atoms with Gasteiger partial charge in [0.2, 0.25) is 5.91 Å². The number of carbonyl (C=O) groups is 1. The summed E-state index contributed by atoms with van der Waals surface area (Å²) < 4.78 is 14.6. The number of amides is 1. The Balaban J connectivity index is 1.53. The summed E-state index contributed by atoms with van der Waals surface area (Å²) in [5.74, 6) is -0.357. The van der Waals surface area contributed by atoms with Gasteiger partial charge in [-0.05, 0) is 30.2 Å². The fourth-order valence-electron chi connectivity index (χ4n) is 2.21. The minimum absolute atomic E-state index is 0.0949. The number of nitrogens with zero attached hydrogens (tertiary/aromatic N) is 1. The monoisotopic (exact) mass is 314 g/mol. The zero-order valence-electron chi connectivity index (χ0n) is 11.9. The molecule has 0 bridgehead atoms. The summed E-state index contributed by atoms with van der Waals surface area (Å²) in [4.78, 5) is 16.3. The highest BCUT2D eigenvalue weighted by molar-refractivity contribution is 7.18. The third kappa shape index (κ3) is 3.49. The number of nitrogens with one attached hydrogen (secondary N) is 1. The lowest BCUT2D eigenvalue weighted by Gasteiger charge is -2.04. The Morgan fingerprint density at radius 1 is 1.14 bits per heavy atom. The molecule has 1 aromatic heterocycles. The van der Waals surface area contributed by atoms with Crippen LogP contribution in [0.25, 0.3) is 10.2 Å². The number of hydrogen-bond acceptors (Lipinski definition) is 3. The molecule has 0 spiro atoms. The first kappa shape index (κ1) is 14.7. The molecule has 0 unspecified atom stereocenters. The van der Waals surface area contributed by atoms with Crippen molar-refractivity contribution in [2.45, 2.75) is 19.4 Å². The fraction of sp³-hybridized carbons (Fsp3) is 0.176. The van der Waals surface area contributed by atoms with Crippen LogP contribution in [0.2, 0.25) is 0 Å². The molecule has 22 heavy (non-hydrogen) atoms. The standard InChI is InChI=1S/C17H15FN2OS/c18-13-6-2-1-5-12(13)9-10-16(21)19-11-17-20-14-7-3-4-8-15(14)22-17/h1-8H,9-11H2,(H,19,21). The van der Waals surface area contributed by atoms with E-state index in [0.717, 1.165) is 15.2 Å². The molecule has 1 heterocycles. The van der Waals surface area contributed by atoms with E-state index in [1.807, 2.05) is 24.3 Å². The van der Waals surface area contributed by atoms with Gasteiger partial charge in [0.25, 0.3) is 0 Å². The molecule has 0 atom stereocenters. The van der Waals surface area contributed by atoms with Crippen molar-refractivity contribution in [3.05, 3.63) is 64.9 Å². The first-order valence-electron chi connectivity index (χ1n) is 7.07. The molecular weight excluding hydrogens is 299 g/mol. The maximum atomic E-state index is 13.5. The topological polar surface area (TPSA) is 42.0 Å². The highest BCUT2D eigenvalue weighted by atomic mass is 32.1. The van der Waals surface area contributed by atoms with Crippen LogP contribution in [0.5, 0.6) is 0 Å². The number of hydrogen-bond donors (Lipinski definition) is 1. The number of thiazole rings is 1. The summed E-state index contributed by atoms with van der Waals surface area (Å²) in [6.45, 7) is 0.412. The van der Waals surface area contributed by atoms with Crippen molar-refractivity contribution in [2.75, 3.05) is 0 Å². The minimum Gasteiger partial charge on any atom is -0.350 e. The summed E-state index contributed by atoms with van der Waals surface area (Å²) in [7, 11) is 0. The molecule has 0 saturated heterocycles. The van der Waals surface area contributed by atoms with Crippen LogP contribution in [0.15, 0.2) is 48.5 Å². The SMILES string of the molecule is O=C(CCc1ccccc1F)NCc1nc2ccccc2s1. The average molecular weight is 314 g/mol. The summed E-state index contributed by atoms with van der Waals surface area (Å²) in [6, 6.07) is 14.4. The number of para-hydroxylation sites is 1. The molecule has 1 amide bonds. The lowest BCUT2D eigenvalue weighted by Crippen LogP contribution is -2.23. The van der Waals surface area contributed by atoms with Gasteiger partial charge in [-0.3, -0.25) is 4.79 Å². The summed E-state index contributed by atoms with van der Waals surface area (Å²) in [5.41, 5.74) is 1.51. The number of aryl methyl sites for hydroxylation is 1. The molecule has 1 N–H and O–H groups in total. The van der Waals surface area contributed by atoms with Crippen LogP contribution in [-0.4, -0.2) is 10.9 Å². The van der Waals surface area contributed by atoms with E-state index < -0.39 is 0 Å². The first-order chi connectivity index (χ1) is 10.7. The Morgan fingerprint density at radius 3 is 2.73 bits per heavy atom. The van der Waals surface area contributed by atoms with Gasteiger partial charge in [-0.15, -0.1) is 11.3 Å². The van der Waals surface area contributed by atoms with Gasteiger partial charge in [-0.25, -0.2) is 9.37 Å². The van der Waals surface area contributed by atoms with Crippen molar-refractivity contribution in [1.29, 1.82) is 0 Å². The zero-order valence-corrected chi connectivity index (χ0v) is 12.7. The predicted octanol–water partition coefficient (Wildman–Crippen LogP) is 3.68. The van der Waals surface area contributed by atoms with E-state index in [-0.39, 0.29) is 18.1 Å². The molecule has 2 aromatic carbocycles. The normalized spacial score (nSPS) is 10.8. The van der Waals surface area contributed by atoms with Crippen LogP contribution in [-0.2, 0) is 17.8 Å². The Labute approximate surface area is 131 Å². The van der Waals surface area contributed by atoms with Gasteiger partial charge in [-0.1, -0.05) is 30.3 Å². The fourth-order valence-corrected chi connectivity index (χ4v) is 3.11. The second-order valence-corrected chi connectivity index (χ2v) is 6.06. The lowest BCUT2D eigenvalue weighted by atomic mass is 10.1. The molecule has 112 valence electrons. The Kier molecular flexibility index (Phi) is 4.44. The Morgan fingerprint density at radius 2 is 1.91 bits per heavy atom. The third-order valence-electron chi connectivity index (χ3n) is 3.35. The maximum Gasteiger partial charge on any atom is 0.220 e. The van der Waals surface area contributed by atoms with E-state index in [0.29, 0.717) is 18.5 Å². The molecule has 0 aliphatic heterocycles. The van der Waals surface area contributed by atoms with Gasteiger partial charge in [-0.2, -0.15) is 0 Å². The quantitative estimate of drug-likeness (QED) is 0.780. The molecule has 0 aliphatic carbocycles. The van der Waals surface area contributed by atoms with E-state index in [1.165, 1.54) is 6.07 Å². The van der Waals surface area contributed by atoms with E-state index in [4.69, 9.17) is 0 Å². The van der Waals surface area contributed by atoms with E-state index in [2.05, 4.69) is 10.3 Å². The van der Waals surface area contributed by atoms with Crippen LogP contribution in [0.1, 0.15) is 17.0 Å². The van der Waals surface area contributed by atoms with Crippen LogP contribution >= 0.6 is 11.3 Å². The van der Waals surface area contributed by atoms with Crippen LogP contribution < -0.4 is 5.32 Å². The molecule has 3 nitrogen and oxygen atoms in total. The van der Waals surface area contributed by atoms with Crippen LogP contribution in [0.3, 0.4) is 0 Å². The molecular formula is C17H15FN2OS. The van der Waals surface area contributed by atoms with Crippen molar-refractivity contribution in [3.8, 4) is 0 Å². The molecule has 0 aliphatic rings. The molecule has 3 aromatic rings. The summed E-state index contributed by atoms with van der Waals surface area (Å²) in [5, 5.41) is 3.71. The summed E-state index contributed by atoms with van der Waals surface area (Å²) in [6.07, 6.45) is 0.671. The van der Waals surface area contributed by atoms with Gasteiger partial charge in [0.15, 0.2) is 0 Å². The Hall–Kier alpha value is -2.27. The largest absolute Gasteiger partial charge is 0.350 e. The minimum atomic E-state index is -0.263. The van der Waals surface area contributed by atoms with Crippen molar-refractivity contribution >= 4 is 27.5 Å². The highest BCUT2D eigenvalue weighted by Crippen LogP contribution is 2.21. The number of fused-ring (bicyclic) bond motifs is 1. The van der Waals surface area contributed by atoms with Crippen LogP contribution in [0, 0.1) is 5.82 Å². The van der Waals surface area contributed by atoms with E-state index >= 15 is 0 Å². The van der Waals surface area contributed by atoms with Gasteiger partial charge < -0.3 is 5.32 Å². The van der Waals surface area contributed by atoms with Crippen LogP contribution in [0.4, 0.5) is 4.39 Å². The van der Waals surface area contributed by atoms with Gasteiger partial charge >= 0.3 is 0 Å². The lowest BCUT2D eigenvalue weighted by molar-refractivity contribution is -0.121. The average Bonchev–Trinajstić information content (AvgIpc) is 2.95. The van der Waals surface area contributed by atoms with Crippen molar-refractivity contribution < 1.29 is 9.18 Å². The zero-order chi connectivity index (χ0) is 15.4. The molecule has 3 rings (SSSR count). The maximum absolute atomic E-state index is 13.5. The summed E-state index contributed by atoms with van der Waals surface area (Å²) >= 11 is 1.57. The van der Waals surface area contributed by atoms with Gasteiger partial charge in [0.05, 0.1) is 16.8 Å². The van der Waals surface area contributed by atoms with E-state index in [9.17, 15) is 9.18 Å².